The van der Waals surface area contributed by atoms with Crippen molar-refractivity contribution >= 4 is 5.91 Å². The highest BCUT2D eigenvalue weighted by molar-refractivity contribution is 5.76. The van der Waals surface area contributed by atoms with Crippen molar-refractivity contribution < 1.29 is 14.6 Å². The van der Waals surface area contributed by atoms with Crippen LogP contribution in [0.1, 0.15) is 38.7 Å². The van der Waals surface area contributed by atoms with E-state index in [4.69, 9.17) is 4.74 Å². The summed E-state index contributed by atoms with van der Waals surface area (Å²) in [7, 11) is 1.63. The van der Waals surface area contributed by atoms with Gasteiger partial charge in [0.1, 0.15) is 5.75 Å². The van der Waals surface area contributed by atoms with E-state index >= 15 is 0 Å². The van der Waals surface area contributed by atoms with Crippen molar-refractivity contribution in [2.24, 2.45) is 0 Å². The van der Waals surface area contributed by atoms with E-state index in [9.17, 15) is 9.90 Å². The van der Waals surface area contributed by atoms with Crippen LogP contribution >= 0.6 is 0 Å². The molecule has 0 saturated heterocycles. The fourth-order valence-electron chi connectivity index (χ4n) is 2.16. The van der Waals surface area contributed by atoms with E-state index in [1.54, 1.807) is 14.0 Å². The smallest absolute Gasteiger partial charge is 0.220 e. The van der Waals surface area contributed by atoms with Gasteiger partial charge in [-0.2, -0.15) is 0 Å². The van der Waals surface area contributed by atoms with Gasteiger partial charge in [-0.3, -0.25) is 4.79 Å². The summed E-state index contributed by atoms with van der Waals surface area (Å²) < 4.78 is 5.25. The minimum atomic E-state index is -0.825. The number of aliphatic hydroxyl groups is 1. The van der Waals surface area contributed by atoms with Crippen molar-refractivity contribution in [3.05, 3.63) is 29.8 Å². The predicted octanol–water partition coefficient (Wildman–Crippen LogP) is 2.30. The van der Waals surface area contributed by atoms with Crippen molar-refractivity contribution in [3.63, 3.8) is 0 Å². The number of rotatable bonds is 8. The molecule has 1 aromatic rings. The molecular formula is C16H25NO3. The van der Waals surface area contributed by atoms with E-state index in [0.29, 0.717) is 25.8 Å². The van der Waals surface area contributed by atoms with Crippen molar-refractivity contribution in [1.29, 1.82) is 0 Å². The number of nitrogens with one attached hydrogen (secondary N) is 1. The first kappa shape index (κ1) is 16.5. The Morgan fingerprint density at radius 1 is 1.40 bits per heavy atom. The Balaban J connectivity index is 2.40. The largest absolute Gasteiger partial charge is 0.496 e. The summed E-state index contributed by atoms with van der Waals surface area (Å²) in [5.41, 5.74) is 0.194. The molecule has 1 unspecified atom stereocenters. The summed E-state index contributed by atoms with van der Waals surface area (Å²) in [6.07, 6.45) is 2.60. The van der Waals surface area contributed by atoms with Crippen LogP contribution in [-0.2, 0) is 11.2 Å². The Labute approximate surface area is 121 Å². The van der Waals surface area contributed by atoms with Crippen LogP contribution in [0.5, 0.6) is 5.75 Å². The van der Waals surface area contributed by atoms with Crippen LogP contribution in [-0.4, -0.2) is 30.3 Å². The lowest BCUT2D eigenvalue weighted by Gasteiger charge is -2.22. The fourth-order valence-corrected chi connectivity index (χ4v) is 2.16. The summed E-state index contributed by atoms with van der Waals surface area (Å²) >= 11 is 0. The third kappa shape index (κ3) is 5.61. The van der Waals surface area contributed by atoms with Crippen LogP contribution < -0.4 is 10.1 Å². The van der Waals surface area contributed by atoms with Crippen LogP contribution in [0.25, 0.3) is 0 Å². The molecule has 20 heavy (non-hydrogen) atoms. The number of para-hydroxylation sites is 1. The highest BCUT2D eigenvalue weighted by atomic mass is 16.5. The zero-order chi connectivity index (χ0) is 15.0. The van der Waals surface area contributed by atoms with E-state index in [1.807, 2.05) is 31.2 Å². The second-order valence-electron chi connectivity index (χ2n) is 5.34. The van der Waals surface area contributed by atoms with Gasteiger partial charge in [0.15, 0.2) is 0 Å². The number of amides is 1. The summed E-state index contributed by atoms with van der Waals surface area (Å²) in [5, 5.41) is 12.8. The molecule has 1 atom stereocenters. The zero-order valence-corrected chi connectivity index (χ0v) is 12.6. The monoisotopic (exact) mass is 279 g/mol. The first-order chi connectivity index (χ1) is 9.48. The van der Waals surface area contributed by atoms with Gasteiger partial charge in [0.25, 0.3) is 0 Å². The van der Waals surface area contributed by atoms with Crippen LogP contribution in [0.4, 0.5) is 0 Å². The van der Waals surface area contributed by atoms with Crippen molar-refractivity contribution in [2.45, 2.75) is 45.1 Å². The Hall–Kier alpha value is -1.55. The maximum atomic E-state index is 11.8. The maximum absolute atomic E-state index is 11.8. The highest BCUT2D eigenvalue weighted by Gasteiger charge is 2.19. The van der Waals surface area contributed by atoms with Crippen LogP contribution in [0.2, 0.25) is 0 Å². The predicted molar refractivity (Wildman–Crippen MR) is 79.9 cm³/mol. The van der Waals surface area contributed by atoms with Gasteiger partial charge in [0.2, 0.25) is 5.91 Å². The lowest BCUT2D eigenvalue weighted by Crippen LogP contribution is -2.40. The molecule has 112 valence electrons. The van der Waals surface area contributed by atoms with E-state index in [-0.39, 0.29) is 5.91 Å². The quantitative estimate of drug-likeness (QED) is 0.767. The van der Waals surface area contributed by atoms with Crippen LogP contribution in [0, 0.1) is 0 Å². The SMILES string of the molecule is CCCC(C)(O)CNC(=O)CCc1ccccc1OC. The second-order valence-corrected chi connectivity index (χ2v) is 5.34. The molecule has 0 bridgehead atoms. The molecule has 0 fully saturated rings. The molecule has 0 radical (unpaired) electrons. The minimum absolute atomic E-state index is 0.0488. The molecule has 0 saturated carbocycles. The van der Waals surface area contributed by atoms with Crippen molar-refractivity contribution in [3.8, 4) is 5.75 Å². The molecule has 0 aliphatic rings. The number of ether oxygens (including phenoxy) is 1. The average Bonchev–Trinajstić information content (AvgIpc) is 2.43. The highest BCUT2D eigenvalue weighted by Crippen LogP contribution is 2.18. The average molecular weight is 279 g/mol. The molecule has 0 aliphatic carbocycles. The standard InChI is InChI=1S/C16H25NO3/c1-4-11-16(2,19)12-17-15(18)10-9-13-7-5-6-8-14(13)20-3/h5-8,19H,4,9-12H2,1-3H3,(H,17,18). The van der Waals surface area contributed by atoms with Gasteiger partial charge in [-0.25, -0.2) is 0 Å². The lowest BCUT2D eigenvalue weighted by atomic mass is 10.0. The zero-order valence-electron chi connectivity index (χ0n) is 12.6. The first-order valence-electron chi connectivity index (χ1n) is 7.09. The number of hydrogen-bond acceptors (Lipinski definition) is 3. The number of carbonyl (C=O) groups is 1. The Kier molecular flexibility index (Phi) is 6.52. The van der Waals surface area contributed by atoms with E-state index < -0.39 is 5.60 Å². The molecule has 1 aromatic carbocycles. The third-order valence-corrected chi connectivity index (χ3v) is 3.27. The topological polar surface area (TPSA) is 58.6 Å². The number of hydrogen-bond donors (Lipinski definition) is 2. The summed E-state index contributed by atoms with van der Waals surface area (Å²) in [6, 6.07) is 7.69. The molecule has 4 nitrogen and oxygen atoms in total. The number of methoxy groups -OCH3 is 1. The van der Waals surface area contributed by atoms with Crippen LogP contribution in [0.3, 0.4) is 0 Å². The molecule has 0 spiro atoms. The first-order valence-corrected chi connectivity index (χ1v) is 7.09. The van der Waals surface area contributed by atoms with Gasteiger partial charge in [-0.15, -0.1) is 0 Å². The van der Waals surface area contributed by atoms with Gasteiger partial charge in [0, 0.05) is 13.0 Å². The van der Waals surface area contributed by atoms with E-state index in [1.165, 1.54) is 0 Å². The summed E-state index contributed by atoms with van der Waals surface area (Å²) in [4.78, 5) is 11.8. The van der Waals surface area contributed by atoms with Crippen LogP contribution in [0.15, 0.2) is 24.3 Å². The normalized spacial score (nSPS) is 13.6. The van der Waals surface area contributed by atoms with Gasteiger partial charge >= 0.3 is 0 Å². The molecule has 2 N–H and O–H groups in total. The fraction of sp³-hybridized carbons (Fsp3) is 0.562. The molecular weight excluding hydrogens is 254 g/mol. The molecule has 1 rings (SSSR count). The Morgan fingerprint density at radius 3 is 2.75 bits per heavy atom. The molecule has 0 heterocycles. The third-order valence-electron chi connectivity index (χ3n) is 3.27. The molecule has 1 amide bonds. The Morgan fingerprint density at radius 2 is 2.10 bits per heavy atom. The van der Waals surface area contributed by atoms with E-state index in [2.05, 4.69) is 5.32 Å². The second kappa shape index (κ2) is 7.90. The van der Waals surface area contributed by atoms with Gasteiger partial charge in [-0.05, 0) is 31.4 Å². The van der Waals surface area contributed by atoms with Gasteiger partial charge < -0.3 is 15.2 Å². The summed E-state index contributed by atoms with van der Waals surface area (Å²) in [5.74, 6) is 0.755. The molecule has 4 heteroatoms. The lowest BCUT2D eigenvalue weighted by molar-refractivity contribution is -0.122. The summed E-state index contributed by atoms with van der Waals surface area (Å²) in [6.45, 7) is 4.06. The molecule has 0 aromatic heterocycles. The number of carbonyl (C=O) groups excluding carboxylic acids is 1. The molecule has 0 aliphatic heterocycles. The van der Waals surface area contributed by atoms with Gasteiger partial charge in [-0.1, -0.05) is 31.5 Å². The van der Waals surface area contributed by atoms with Crippen molar-refractivity contribution in [2.75, 3.05) is 13.7 Å². The van der Waals surface area contributed by atoms with Gasteiger partial charge in [0.05, 0.1) is 12.7 Å². The number of aryl methyl sites for hydroxylation is 1. The van der Waals surface area contributed by atoms with E-state index in [0.717, 1.165) is 17.7 Å². The van der Waals surface area contributed by atoms with Crippen molar-refractivity contribution in [1.82, 2.24) is 5.32 Å². The Bertz CT molecular complexity index is 429. The maximum Gasteiger partial charge on any atom is 0.220 e. The minimum Gasteiger partial charge on any atom is -0.496 e. The number of benzene rings is 1.